The predicted molar refractivity (Wildman–Crippen MR) is 79.3 cm³/mol. The van der Waals surface area contributed by atoms with Gasteiger partial charge in [-0.1, -0.05) is 12.1 Å². The summed E-state index contributed by atoms with van der Waals surface area (Å²) in [5.74, 6) is 0.0459. The van der Waals surface area contributed by atoms with E-state index >= 15 is 0 Å². The van der Waals surface area contributed by atoms with Crippen molar-refractivity contribution >= 4 is 17.9 Å². The van der Waals surface area contributed by atoms with E-state index in [9.17, 15) is 9.59 Å². The van der Waals surface area contributed by atoms with E-state index in [2.05, 4.69) is 0 Å². The molecule has 1 saturated heterocycles. The van der Waals surface area contributed by atoms with Crippen LogP contribution >= 0.6 is 0 Å². The van der Waals surface area contributed by atoms with Gasteiger partial charge in [-0.25, -0.2) is 0 Å². The van der Waals surface area contributed by atoms with E-state index in [1.165, 1.54) is 0 Å². The Labute approximate surface area is 119 Å². The van der Waals surface area contributed by atoms with Crippen molar-refractivity contribution < 1.29 is 9.59 Å². The predicted octanol–water partition coefficient (Wildman–Crippen LogP) is 2.02. The first kappa shape index (κ1) is 14.3. The number of likely N-dealkylation sites (tertiary alicyclic amines) is 1. The summed E-state index contributed by atoms with van der Waals surface area (Å²) in [7, 11) is 3.45. The Balaban J connectivity index is 1.99. The first-order valence-electron chi connectivity index (χ1n) is 6.86. The topological polar surface area (TPSA) is 40.6 Å². The molecule has 4 nitrogen and oxygen atoms in total. The second-order valence-corrected chi connectivity index (χ2v) is 5.19. The van der Waals surface area contributed by atoms with Gasteiger partial charge in [0.1, 0.15) is 0 Å². The van der Waals surface area contributed by atoms with Gasteiger partial charge in [0.2, 0.25) is 5.91 Å². The van der Waals surface area contributed by atoms with Gasteiger partial charge >= 0.3 is 0 Å². The fraction of sp³-hybridized carbons (Fsp3) is 0.375. The molecule has 2 rings (SSSR count). The summed E-state index contributed by atoms with van der Waals surface area (Å²) < 4.78 is 0. The highest BCUT2D eigenvalue weighted by molar-refractivity contribution is 5.94. The van der Waals surface area contributed by atoms with Crippen molar-refractivity contribution in [2.24, 2.45) is 0 Å². The van der Waals surface area contributed by atoms with Gasteiger partial charge in [-0.05, 0) is 36.6 Å². The standard InChI is InChI=1S/C16H20N2O2/c1-17(2)16(20)14-8-5-13(6-9-14)7-10-15(19)18-11-3-4-12-18/h5-10H,3-4,11-12H2,1-2H3/b10-7+. The summed E-state index contributed by atoms with van der Waals surface area (Å²) in [6, 6.07) is 7.26. The lowest BCUT2D eigenvalue weighted by Gasteiger charge is -2.12. The second-order valence-electron chi connectivity index (χ2n) is 5.19. The molecular formula is C16H20N2O2. The van der Waals surface area contributed by atoms with E-state index in [-0.39, 0.29) is 11.8 Å². The molecule has 2 amide bonds. The molecule has 0 atom stereocenters. The van der Waals surface area contributed by atoms with Gasteiger partial charge in [0.05, 0.1) is 0 Å². The quantitative estimate of drug-likeness (QED) is 0.790. The smallest absolute Gasteiger partial charge is 0.253 e. The number of benzene rings is 1. The third-order valence-electron chi connectivity index (χ3n) is 3.40. The lowest BCUT2D eigenvalue weighted by Crippen LogP contribution is -2.25. The molecule has 106 valence electrons. The summed E-state index contributed by atoms with van der Waals surface area (Å²) in [6.45, 7) is 1.72. The van der Waals surface area contributed by atoms with Crippen molar-refractivity contribution in [3.8, 4) is 0 Å². The van der Waals surface area contributed by atoms with Crippen LogP contribution in [-0.4, -0.2) is 48.8 Å². The Bertz CT molecular complexity index is 512. The number of nitrogens with zero attached hydrogens (tertiary/aromatic N) is 2. The highest BCUT2D eigenvalue weighted by Gasteiger charge is 2.15. The van der Waals surface area contributed by atoms with Gasteiger partial charge in [0.15, 0.2) is 0 Å². The average Bonchev–Trinajstić information content (AvgIpc) is 2.98. The van der Waals surface area contributed by atoms with Crippen LogP contribution < -0.4 is 0 Å². The highest BCUT2D eigenvalue weighted by Crippen LogP contribution is 2.11. The van der Waals surface area contributed by atoms with E-state index in [4.69, 9.17) is 0 Å². The summed E-state index contributed by atoms with van der Waals surface area (Å²) in [4.78, 5) is 27.0. The van der Waals surface area contributed by atoms with Crippen LogP contribution in [0.3, 0.4) is 0 Å². The molecular weight excluding hydrogens is 252 g/mol. The maximum Gasteiger partial charge on any atom is 0.253 e. The molecule has 0 bridgehead atoms. The van der Waals surface area contributed by atoms with Crippen LogP contribution in [0, 0.1) is 0 Å². The molecule has 0 radical (unpaired) electrons. The van der Waals surface area contributed by atoms with Crippen LogP contribution in [0.15, 0.2) is 30.3 Å². The van der Waals surface area contributed by atoms with Gasteiger partial charge in [0, 0.05) is 38.8 Å². The first-order chi connectivity index (χ1) is 9.58. The summed E-state index contributed by atoms with van der Waals surface area (Å²) >= 11 is 0. The Morgan fingerprint density at radius 2 is 1.70 bits per heavy atom. The average molecular weight is 272 g/mol. The zero-order valence-corrected chi connectivity index (χ0v) is 12.0. The first-order valence-corrected chi connectivity index (χ1v) is 6.86. The van der Waals surface area contributed by atoms with E-state index in [1.54, 1.807) is 43.3 Å². The minimum absolute atomic E-state index is 0.0197. The largest absolute Gasteiger partial charge is 0.345 e. The minimum atomic E-state index is -0.0197. The van der Waals surface area contributed by atoms with Gasteiger partial charge < -0.3 is 9.80 Å². The van der Waals surface area contributed by atoms with Gasteiger partial charge in [0.25, 0.3) is 5.91 Å². The number of carbonyl (C=O) groups excluding carboxylic acids is 2. The van der Waals surface area contributed by atoms with Gasteiger partial charge in [-0.2, -0.15) is 0 Å². The number of hydrogen-bond donors (Lipinski definition) is 0. The van der Waals surface area contributed by atoms with Crippen molar-refractivity contribution in [1.29, 1.82) is 0 Å². The third-order valence-corrected chi connectivity index (χ3v) is 3.40. The van der Waals surface area contributed by atoms with Gasteiger partial charge in [-0.3, -0.25) is 9.59 Å². The Kier molecular flexibility index (Phi) is 4.56. The van der Waals surface area contributed by atoms with Crippen molar-refractivity contribution in [3.63, 3.8) is 0 Å². The molecule has 0 saturated carbocycles. The molecule has 1 aromatic rings. The molecule has 4 heteroatoms. The molecule has 1 fully saturated rings. The van der Waals surface area contributed by atoms with Gasteiger partial charge in [-0.15, -0.1) is 0 Å². The molecule has 1 aromatic carbocycles. The molecule has 1 heterocycles. The highest BCUT2D eigenvalue weighted by atomic mass is 16.2. The molecule has 0 aromatic heterocycles. The second kappa shape index (κ2) is 6.37. The Morgan fingerprint density at radius 1 is 1.10 bits per heavy atom. The van der Waals surface area contributed by atoms with E-state index in [0.717, 1.165) is 31.5 Å². The maximum absolute atomic E-state index is 11.9. The minimum Gasteiger partial charge on any atom is -0.345 e. The summed E-state index contributed by atoms with van der Waals surface area (Å²) in [6.07, 6.45) is 5.60. The molecule has 0 N–H and O–H groups in total. The maximum atomic E-state index is 11.9. The molecule has 0 unspecified atom stereocenters. The Hall–Kier alpha value is -2.10. The van der Waals surface area contributed by atoms with E-state index < -0.39 is 0 Å². The number of carbonyl (C=O) groups is 2. The van der Waals surface area contributed by atoms with Crippen LogP contribution in [0.5, 0.6) is 0 Å². The van der Waals surface area contributed by atoms with Crippen molar-refractivity contribution in [3.05, 3.63) is 41.5 Å². The third kappa shape index (κ3) is 3.47. The summed E-state index contributed by atoms with van der Waals surface area (Å²) in [5.41, 5.74) is 1.57. The van der Waals surface area contributed by atoms with Crippen LogP contribution in [0.1, 0.15) is 28.8 Å². The molecule has 0 spiro atoms. The Morgan fingerprint density at radius 3 is 2.25 bits per heavy atom. The van der Waals surface area contributed by atoms with Crippen molar-refractivity contribution in [2.45, 2.75) is 12.8 Å². The van der Waals surface area contributed by atoms with Crippen LogP contribution in [0.25, 0.3) is 6.08 Å². The lowest BCUT2D eigenvalue weighted by atomic mass is 10.1. The van der Waals surface area contributed by atoms with E-state index in [0.29, 0.717) is 5.56 Å². The SMILES string of the molecule is CN(C)C(=O)c1ccc(/C=C/C(=O)N2CCCC2)cc1. The lowest BCUT2D eigenvalue weighted by molar-refractivity contribution is -0.124. The summed E-state index contributed by atoms with van der Waals surface area (Å²) in [5, 5.41) is 0. The number of hydrogen-bond acceptors (Lipinski definition) is 2. The molecule has 1 aliphatic heterocycles. The van der Waals surface area contributed by atoms with Crippen LogP contribution in [0.4, 0.5) is 0 Å². The fourth-order valence-electron chi connectivity index (χ4n) is 2.21. The van der Waals surface area contributed by atoms with E-state index in [1.807, 2.05) is 17.0 Å². The molecule has 1 aliphatic rings. The van der Waals surface area contributed by atoms with Crippen LogP contribution in [-0.2, 0) is 4.79 Å². The van der Waals surface area contributed by atoms with Crippen LogP contribution in [0.2, 0.25) is 0 Å². The number of rotatable bonds is 3. The zero-order valence-electron chi connectivity index (χ0n) is 12.0. The molecule has 20 heavy (non-hydrogen) atoms. The monoisotopic (exact) mass is 272 g/mol. The molecule has 0 aliphatic carbocycles. The van der Waals surface area contributed by atoms with Crippen molar-refractivity contribution in [1.82, 2.24) is 9.80 Å². The van der Waals surface area contributed by atoms with Crippen molar-refractivity contribution in [2.75, 3.05) is 27.2 Å². The normalized spacial score (nSPS) is 14.8. The zero-order chi connectivity index (χ0) is 14.5. The fourth-order valence-corrected chi connectivity index (χ4v) is 2.21. The number of amides is 2.